The van der Waals surface area contributed by atoms with E-state index in [1.165, 1.54) is 6.92 Å². The Kier molecular flexibility index (Phi) is 5.21. The molecule has 2 rings (SSSR count). The molecule has 21 heavy (non-hydrogen) atoms. The van der Waals surface area contributed by atoms with E-state index in [1.54, 1.807) is 12.1 Å². The maximum Gasteiger partial charge on any atom is 0.221 e. The molecule has 0 saturated heterocycles. The van der Waals surface area contributed by atoms with Crippen LogP contribution in [0.25, 0.3) is 0 Å². The van der Waals surface area contributed by atoms with Crippen LogP contribution in [0, 0.1) is 6.92 Å². The molecule has 4 nitrogen and oxygen atoms in total. The third-order valence-corrected chi connectivity index (χ3v) is 2.88. The van der Waals surface area contributed by atoms with E-state index in [-0.39, 0.29) is 5.91 Å². The predicted molar refractivity (Wildman–Crippen MR) is 82.9 cm³/mol. The van der Waals surface area contributed by atoms with E-state index in [4.69, 9.17) is 9.47 Å². The second-order valence-electron chi connectivity index (χ2n) is 4.67. The van der Waals surface area contributed by atoms with Crippen molar-refractivity contribution in [2.75, 3.05) is 18.5 Å². The first kappa shape index (κ1) is 14.9. The van der Waals surface area contributed by atoms with Crippen LogP contribution in [0.15, 0.2) is 48.5 Å². The van der Waals surface area contributed by atoms with Crippen molar-refractivity contribution in [2.24, 2.45) is 0 Å². The number of anilines is 1. The van der Waals surface area contributed by atoms with Gasteiger partial charge in [-0.15, -0.1) is 0 Å². The minimum absolute atomic E-state index is 0.0877. The lowest BCUT2D eigenvalue weighted by Gasteiger charge is -2.10. The summed E-state index contributed by atoms with van der Waals surface area (Å²) in [6.07, 6.45) is 0. The summed E-state index contributed by atoms with van der Waals surface area (Å²) in [4.78, 5) is 10.9. The van der Waals surface area contributed by atoms with E-state index in [2.05, 4.69) is 5.32 Å². The number of para-hydroxylation sites is 1. The molecule has 0 radical (unpaired) electrons. The van der Waals surface area contributed by atoms with E-state index in [1.807, 2.05) is 43.3 Å². The van der Waals surface area contributed by atoms with Gasteiger partial charge in [-0.25, -0.2) is 0 Å². The molecule has 0 fully saturated rings. The van der Waals surface area contributed by atoms with Crippen molar-refractivity contribution in [1.29, 1.82) is 0 Å². The van der Waals surface area contributed by atoms with Gasteiger partial charge in [-0.3, -0.25) is 4.79 Å². The van der Waals surface area contributed by atoms with Gasteiger partial charge in [0, 0.05) is 12.6 Å². The van der Waals surface area contributed by atoms with E-state index in [0.717, 1.165) is 22.7 Å². The van der Waals surface area contributed by atoms with E-state index >= 15 is 0 Å². The monoisotopic (exact) mass is 285 g/mol. The first-order valence-electron chi connectivity index (χ1n) is 6.84. The molecule has 0 heterocycles. The molecule has 0 saturated carbocycles. The van der Waals surface area contributed by atoms with Crippen molar-refractivity contribution in [3.8, 4) is 11.5 Å². The zero-order valence-corrected chi connectivity index (χ0v) is 12.3. The first-order valence-corrected chi connectivity index (χ1v) is 6.84. The van der Waals surface area contributed by atoms with Crippen LogP contribution in [0.3, 0.4) is 0 Å². The molecule has 0 aliphatic rings. The number of ether oxygens (including phenoxy) is 2. The number of aryl methyl sites for hydroxylation is 1. The smallest absolute Gasteiger partial charge is 0.221 e. The largest absolute Gasteiger partial charge is 0.490 e. The Labute approximate surface area is 124 Å². The van der Waals surface area contributed by atoms with Crippen LogP contribution in [-0.2, 0) is 4.79 Å². The highest BCUT2D eigenvalue weighted by Gasteiger charge is 1.99. The van der Waals surface area contributed by atoms with Crippen LogP contribution in [0.2, 0.25) is 0 Å². The zero-order chi connectivity index (χ0) is 15.1. The Morgan fingerprint density at radius 1 is 1.00 bits per heavy atom. The van der Waals surface area contributed by atoms with Crippen molar-refractivity contribution in [1.82, 2.24) is 0 Å². The van der Waals surface area contributed by atoms with Gasteiger partial charge in [0.25, 0.3) is 0 Å². The highest BCUT2D eigenvalue weighted by Crippen LogP contribution is 2.17. The third-order valence-electron chi connectivity index (χ3n) is 2.88. The Hall–Kier alpha value is -2.49. The lowest BCUT2D eigenvalue weighted by atomic mass is 10.2. The third kappa shape index (κ3) is 4.84. The molecule has 0 spiro atoms. The van der Waals surface area contributed by atoms with Crippen LogP contribution < -0.4 is 14.8 Å². The minimum atomic E-state index is -0.0877. The van der Waals surface area contributed by atoms with Gasteiger partial charge in [0.1, 0.15) is 24.7 Å². The second-order valence-corrected chi connectivity index (χ2v) is 4.67. The maximum absolute atomic E-state index is 10.9. The number of carbonyl (C=O) groups is 1. The molecule has 2 aromatic carbocycles. The van der Waals surface area contributed by atoms with Gasteiger partial charge in [-0.2, -0.15) is 0 Å². The minimum Gasteiger partial charge on any atom is -0.490 e. The molecule has 0 bridgehead atoms. The van der Waals surface area contributed by atoms with Gasteiger partial charge in [-0.1, -0.05) is 18.2 Å². The van der Waals surface area contributed by atoms with Crippen LogP contribution in [0.4, 0.5) is 5.69 Å². The summed E-state index contributed by atoms with van der Waals surface area (Å²) in [5.41, 5.74) is 1.86. The summed E-state index contributed by atoms with van der Waals surface area (Å²) >= 11 is 0. The number of hydrogen-bond acceptors (Lipinski definition) is 3. The molecular formula is C17H19NO3. The lowest BCUT2D eigenvalue weighted by Crippen LogP contribution is -2.09. The average molecular weight is 285 g/mol. The molecule has 110 valence electrons. The molecule has 0 atom stereocenters. The fraction of sp³-hybridized carbons (Fsp3) is 0.235. The fourth-order valence-corrected chi connectivity index (χ4v) is 1.87. The lowest BCUT2D eigenvalue weighted by molar-refractivity contribution is -0.114. The van der Waals surface area contributed by atoms with Gasteiger partial charge in [0.2, 0.25) is 5.91 Å². The topological polar surface area (TPSA) is 47.6 Å². The summed E-state index contributed by atoms with van der Waals surface area (Å²) < 4.78 is 11.2. The van der Waals surface area contributed by atoms with Crippen LogP contribution in [0.1, 0.15) is 12.5 Å². The molecule has 4 heteroatoms. The van der Waals surface area contributed by atoms with Crippen molar-refractivity contribution >= 4 is 11.6 Å². The van der Waals surface area contributed by atoms with Gasteiger partial charge in [0.15, 0.2) is 0 Å². The number of benzene rings is 2. The summed E-state index contributed by atoms with van der Waals surface area (Å²) in [5, 5.41) is 2.71. The Morgan fingerprint density at radius 3 is 2.33 bits per heavy atom. The summed E-state index contributed by atoms with van der Waals surface area (Å²) in [5.74, 6) is 1.54. The van der Waals surface area contributed by atoms with E-state index in [9.17, 15) is 4.79 Å². The normalized spacial score (nSPS) is 10.0. The van der Waals surface area contributed by atoms with Crippen LogP contribution in [-0.4, -0.2) is 19.1 Å². The number of hydrogen-bond donors (Lipinski definition) is 1. The van der Waals surface area contributed by atoms with Gasteiger partial charge in [-0.05, 0) is 42.8 Å². The number of amides is 1. The molecule has 1 N–H and O–H groups in total. The van der Waals surface area contributed by atoms with E-state index < -0.39 is 0 Å². The van der Waals surface area contributed by atoms with Crippen LogP contribution in [0.5, 0.6) is 11.5 Å². The quantitative estimate of drug-likeness (QED) is 0.827. The first-order chi connectivity index (χ1) is 10.1. The van der Waals surface area contributed by atoms with E-state index in [0.29, 0.717) is 13.2 Å². The molecule has 2 aromatic rings. The fourth-order valence-electron chi connectivity index (χ4n) is 1.87. The average Bonchev–Trinajstić information content (AvgIpc) is 2.46. The molecule has 0 aromatic heterocycles. The van der Waals surface area contributed by atoms with Gasteiger partial charge in [0.05, 0.1) is 0 Å². The van der Waals surface area contributed by atoms with Crippen molar-refractivity contribution in [3.05, 3.63) is 54.1 Å². The SMILES string of the molecule is CC(=O)Nc1ccc(OCCOc2ccccc2C)cc1. The maximum atomic E-state index is 10.9. The molecule has 1 amide bonds. The summed E-state index contributed by atoms with van der Waals surface area (Å²) in [6, 6.07) is 15.1. The Bertz CT molecular complexity index is 593. The van der Waals surface area contributed by atoms with Gasteiger partial charge < -0.3 is 14.8 Å². The Balaban J connectivity index is 1.76. The Morgan fingerprint density at radius 2 is 1.67 bits per heavy atom. The number of carbonyl (C=O) groups excluding carboxylic acids is 1. The molecule has 0 aliphatic heterocycles. The molecule has 0 aliphatic carbocycles. The number of rotatable bonds is 6. The van der Waals surface area contributed by atoms with Crippen molar-refractivity contribution < 1.29 is 14.3 Å². The standard InChI is InChI=1S/C17H19NO3/c1-13-5-3-4-6-17(13)21-12-11-20-16-9-7-15(8-10-16)18-14(2)19/h3-10H,11-12H2,1-2H3,(H,18,19). The highest BCUT2D eigenvalue weighted by atomic mass is 16.5. The van der Waals surface area contributed by atoms with Crippen LogP contribution >= 0.6 is 0 Å². The second kappa shape index (κ2) is 7.33. The van der Waals surface area contributed by atoms with Gasteiger partial charge >= 0.3 is 0 Å². The summed E-state index contributed by atoms with van der Waals surface area (Å²) in [7, 11) is 0. The van der Waals surface area contributed by atoms with Crippen molar-refractivity contribution in [2.45, 2.75) is 13.8 Å². The predicted octanol–water partition coefficient (Wildman–Crippen LogP) is 3.41. The zero-order valence-electron chi connectivity index (χ0n) is 12.3. The highest BCUT2D eigenvalue weighted by molar-refractivity contribution is 5.88. The molecular weight excluding hydrogens is 266 g/mol. The summed E-state index contributed by atoms with van der Waals surface area (Å²) in [6.45, 7) is 4.44. The van der Waals surface area contributed by atoms with Crippen molar-refractivity contribution in [3.63, 3.8) is 0 Å². The molecule has 0 unspecified atom stereocenters. The number of nitrogens with one attached hydrogen (secondary N) is 1.